The van der Waals surface area contributed by atoms with E-state index in [2.05, 4.69) is 116 Å². The Bertz CT molecular complexity index is 2140. The molecule has 590 valence electrons. The topological polar surface area (TPSA) is 228 Å². The van der Waals surface area contributed by atoms with E-state index in [9.17, 15) is 45.6 Å². The van der Waals surface area contributed by atoms with E-state index >= 15 is 0 Å². The minimum absolute atomic E-state index is 0.244. The van der Waals surface area contributed by atoms with Crippen molar-refractivity contribution in [2.24, 2.45) is 0 Å². The molecule has 0 radical (unpaired) electrons. The first-order valence-electron chi connectivity index (χ1n) is 42.1. The third-order valence-electron chi connectivity index (χ3n) is 20.0. The summed E-state index contributed by atoms with van der Waals surface area (Å²) in [7, 11) is 0. The minimum atomic E-state index is -1.79. The highest BCUT2D eigenvalue weighted by Gasteiger charge is 2.51. The summed E-state index contributed by atoms with van der Waals surface area (Å²) in [4.78, 5) is 13.4. The minimum Gasteiger partial charge on any atom is -0.394 e. The number of carbonyl (C=O) groups excluding carboxylic acids is 1. The zero-order valence-electron chi connectivity index (χ0n) is 64.8. The van der Waals surface area contributed by atoms with Crippen molar-refractivity contribution in [1.29, 1.82) is 0 Å². The molecular formula is C88H155NO13. The molecule has 0 saturated carbocycles. The molecule has 0 aromatic rings. The van der Waals surface area contributed by atoms with Gasteiger partial charge in [0.2, 0.25) is 5.91 Å². The number of hydrogen-bond donors (Lipinski definition) is 9. The van der Waals surface area contributed by atoms with Crippen LogP contribution in [0.15, 0.2) is 109 Å². The van der Waals surface area contributed by atoms with E-state index in [4.69, 9.17) is 18.9 Å². The van der Waals surface area contributed by atoms with Crippen LogP contribution in [0.5, 0.6) is 0 Å². The lowest BCUT2D eigenvalue weighted by atomic mass is 9.97. The number of rotatable bonds is 70. The largest absolute Gasteiger partial charge is 0.394 e. The quantitative estimate of drug-likeness (QED) is 0.0204. The number of allylic oxidation sites excluding steroid dienone is 17. The maximum Gasteiger partial charge on any atom is 0.220 e. The molecule has 1 amide bonds. The summed E-state index contributed by atoms with van der Waals surface area (Å²) in [5.74, 6) is -0.244. The normalized spacial score (nSPS) is 22.2. The van der Waals surface area contributed by atoms with E-state index in [1.165, 1.54) is 225 Å². The van der Waals surface area contributed by atoms with Crippen molar-refractivity contribution in [2.45, 2.75) is 421 Å². The lowest BCUT2D eigenvalue weighted by molar-refractivity contribution is -0.359. The molecule has 2 aliphatic rings. The second-order valence-electron chi connectivity index (χ2n) is 29.2. The van der Waals surface area contributed by atoms with Crippen LogP contribution in [0.4, 0.5) is 0 Å². The second-order valence-corrected chi connectivity index (χ2v) is 29.2. The molecule has 2 heterocycles. The molecule has 2 fully saturated rings. The molecule has 0 aliphatic carbocycles. The Morgan fingerprint density at radius 3 is 1.04 bits per heavy atom. The molecule has 0 spiro atoms. The van der Waals surface area contributed by atoms with Crippen LogP contribution in [-0.2, 0) is 23.7 Å². The van der Waals surface area contributed by atoms with Gasteiger partial charge in [0, 0.05) is 6.42 Å². The fraction of sp³-hybridized carbons (Fsp3) is 0.784. The molecule has 2 aliphatic heterocycles. The monoisotopic (exact) mass is 1430 g/mol. The Morgan fingerprint density at radius 2 is 0.676 bits per heavy atom. The molecule has 14 nitrogen and oxygen atoms in total. The predicted octanol–water partition coefficient (Wildman–Crippen LogP) is 19.8. The number of amides is 1. The highest BCUT2D eigenvalue weighted by atomic mass is 16.7. The molecule has 2 saturated heterocycles. The molecular weight excluding hydrogens is 1280 g/mol. The highest BCUT2D eigenvalue weighted by molar-refractivity contribution is 5.76. The first kappa shape index (κ1) is 94.7. The average molecular weight is 1440 g/mol. The van der Waals surface area contributed by atoms with Gasteiger partial charge in [0.25, 0.3) is 0 Å². The van der Waals surface area contributed by atoms with Gasteiger partial charge in [0.05, 0.1) is 32.0 Å². The molecule has 0 bridgehead atoms. The van der Waals surface area contributed by atoms with E-state index in [0.717, 1.165) is 96.3 Å². The number of hydrogen-bond acceptors (Lipinski definition) is 13. The fourth-order valence-electron chi connectivity index (χ4n) is 13.4. The Hall–Kier alpha value is -3.35. The zero-order chi connectivity index (χ0) is 73.7. The van der Waals surface area contributed by atoms with Gasteiger partial charge in [0.1, 0.15) is 48.8 Å². The molecule has 9 N–H and O–H groups in total. The molecule has 102 heavy (non-hydrogen) atoms. The van der Waals surface area contributed by atoms with Gasteiger partial charge in [-0.1, -0.05) is 367 Å². The van der Waals surface area contributed by atoms with Gasteiger partial charge < -0.3 is 65.1 Å². The number of unbranched alkanes of at least 4 members (excludes halogenated alkanes) is 41. The van der Waals surface area contributed by atoms with Crippen molar-refractivity contribution in [2.75, 3.05) is 19.8 Å². The summed E-state index contributed by atoms with van der Waals surface area (Å²) >= 11 is 0. The molecule has 0 aromatic heterocycles. The lowest BCUT2D eigenvalue weighted by Gasteiger charge is -2.46. The number of aliphatic hydroxyl groups excluding tert-OH is 8. The maximum atomic E-state index is 13.4. The number of ether oxygens (including phenoxy) is 4. The molecule has 2 rings (SSSR count). The molecule has 12 unspecified atom stereocenters. The Balaban J connectivity index is 1.62. The summed E-state index contributed by atoms with van der Waals surface area (Å²) in [6, 6.07) is -0.927. The zero-order valence-corrected chi connectivity index (χ0v) is 64.8. The van der Waals surface area contributed by atoms with Crippen molar-refractivity contribution >= 4 is 5.91 Å². The van der Waals surface area contributed by atoms with E-state index in [0.29, 0.717) is 6.42 Å². The Morgan fingerprint density at radius 1 is 0.363 bits per heavy atom. The van der Waals surface area contributed by atoms with Gasteiger partial charge in [-0.05, 0) is 83.5 Å². The lowest BCUT2D eigenvalue weighted by Crippen LogP contribution is -2.65. The molecule has 14 heteroatoms. The number of nitrogens with one attached hydrogen (secondary N) is 1. The van der Waals surface area contributed by atoms with Crippen LogP contribution in [-0.4, -0.2) is 140 Å². The van der Waals surface area contributed by atoms with Crippen molar-refractivity contribution in [1.82, 2.24) is 5.32 Å². The van der Waals surface area contributed by atoms with Crippen LogP contribution >= 0.6 is 0 Å². The van der Waals surface area contributed by atoms with Crippen LogP contribution in [0.1, 0.15) is 348 Å². The highest BCUT2D eigenvalue weighted by Crippen LogP contribution is 2.30. The van der Waals surface area contributed by atoms with Gasteiger partial charge in [-0.3, -0.25) is 4.79 Å². The summed E-state index contributed by atoms with van der Waals surface area (Å²) < 4.78 is 22.9. The van der Waals surface area contributed by atoms with Crippen LogP contribution in [0.25, 0.3) is 0 Å². The smallest absolute Gasteiger partial charge is 0.220 e. The van der Waals surface area contributed by atoms with Crippen molar-refractivity contribution in [3.8, 4) is 0 Å². The second kappa shape index (κ2) is 70.6. The number of aliphatic hydroxyl groups is 8. The maximum absolute atomic E-state index is 13.4. The Kier molecular flexibility index (Phi) is 65.6. The van der Waals surface area contributed by atoms with Gasteiger partial charge in [-0.25, -0.2) is 0 Å². The molecule has 12 atom stereocenters. The average Bonchev–Trinajstić information content (AvgIpc) is 0.790. The van der Waals surface area contributed by atoms with Crippen molar-refractivity contribution in [3.05, 3.63) is 109 Å². The van der Waals surface area contributed by atoms with Crippen molar-refractivity contribution in [3.63, 3.8) is 0 Å². The predicted molar refractivity (Wildman–Crippen MR) is 424 cm³/mol. The summed E-state index contributed by atoms with van der Waals surface area (Å²) in [6.45, 7) is 2.72. The van der Waals surface area contributed by atoms with E-state index in [1.807, 2.05) is 6.08 Å². The first-order valence-corrected chi connectivity index (χ1v) is 42.1. The van der Waals surface area contributed by atoms with Crippen LogP contribution in [0.2, 0.25) is 0 Å². The molecule has 0 aromatic carbocycles. The third-order valence-corrected chi connectivity index (χ3v) is 20.0. The van der Waals surface area contributed by atoms with E-state index in [1.54, 1.807) is 6.08 Å². The van der Waals surface area contributed by atoms with Gasteiger partial charge >= 0.3 is 0 Å². The first-order chi connectivity index (χ1) is 50.1. The Labute approximate surface area is 623 Å². The van der Waals surface area contributed by atoms with Crippen LogP contribution < -0.4 is 5.32 Å². The summed E-state index contributed by atoms with van der Waals surface area (Å²) in [5, 5.41) is 87.8. The number of carbonyl (C=O) groups is 1. The van der Waals surface area contributed by atoms with E-state index in [-0.39, 0.29) is 18.9 Å². The standard InChI is InChI=1S/C88H155NO13/c1-3-5-7-9-11-13-15-17-19-21-23-25-27-29-31-33-35-37-38-40-42-44-46-48-50-52-54-56-58-60-62-64-66-68-70-72-80(93)89-76(75-99-87-85(98)83(96)86(79(74-91)101-87)102-88-84(97)82(95)81(94)78(73-90)100-88)77(92)71-69-67-65-63-61-59-57-55-53-51-49-47-45-43-41-39-36-34-32-30-28-26-24-22-20-18-16-14-12-10-8-6-4-2/h5,7,11,13,17,19,23,25,29,31,35,37,40,42,46,48,69,71,76-79,81-88,90-92,94-98H,3-4,6,8-10,12,14-16,18,20-22,24,26-28,30,32-34,36,38-39,41,43-45,47,49-68,70,72-75H2,1-2H3,(H,89,93)/b7-5-,13-11-,19-17-,25-23-,31-29-,37-35-,42-40-,48-46-,71-69+. The van der Waals surface area contributed by atoms with Crippen molar-refractivity contribution < 1.29 is 64.6 Å². The third kappa shape index (κ3) is 52.6. The van der Waals surface area contributed by atoms with Gasteiger partial charge in [0.15, 0.2) is 12.6 Å². The van der Waals surface area contributed by atoms with Crippen LogP contribution in [0, 0.1) is 0 Å². The summed E-state index contributed by atoms with van der Waals surface area (Å²) in [6.07, 6.45) is 86.0. The van der Waals surface area contributed by atoms with E-state index < -0.39 is 86.8 Å². The fourth-order valence-corrected chi connectivity index (χ4v) is 13.4. The van der Waals surface area contributed by atoms with Gasteiger partial charge in [-0.2, -0.15) is 0 Å². The van der Waals surface area contributed by atoms with Crippen LogP contribution in [0.3, 0.4) is 0 Å². The SMILES string of the molecule is CC/C=C\C/C=C\C/C=C\C/C=C\C/C=C\C/C=C\C/C=C\C/C=C\CCCCCCCCCCCCC(=O)NC(COC1OC(CO)C(OC2OC(CO)C(O)C(O)C2O)C(O)C1O)C(O)/C=C/CCCCCCCCCCCCCCCCCCCCCCCCCCCCCCCCC. The van der Waals surface area contributed by atoms with Gasteiger partial charge in [-0.15, -0.1) is 0 Å². The summed E-state index contributed by atoms with van der Waals surface area (Å²) in [5.41, 5.74) is 0.